The number of hydrogen-bond acceptors (Lipinski definition) is 3. The summed E-state index contributed by atoms with van der Waals surface area (Å²) in [5.74, 6) is 3.04. The Morgan fingerprint density at radius 3 is 2.55 bits per heavy atom. The molecule has 176 valence electrons. The molecule has 0 spiro atoms. The Balaban J connectivity index is 1.59. The van der Waals surface area contributed by atoms with Gasteiger partial charge in [0.15, 0.2) is 0 Å². The van der Waals surface area contributed by atoms with Crippen LogP contribution in [0.4, 0.5) is 0 Å². The monoisotopic (exact) mass is 430 g/mol. The van der Waals surface area contributed by atoms with Crippen molar-refractivity contribution in [1.29, 1.82) is 0 Å². The molecular formula is C28H46O3. The van der Waals surface area contributed by atoms with Crippen LogP contribution in [-0.2, 0) is 0 Å². The number of aliphatic hydroxyl groups is 3. The Morgan fingerprint density at radius 2 is 1.87 bits per heavy atom. The molecule has 0 aliphatic heterocycles. The second kappa shape index (κ2) is 8.61. The molecule has 0 aromatic rings. The van der Waals surface area contributed by atoms with E-state index in [0.717, 1.165) is 38.5 Å². The smallest absolute Gasteiger partial charge is 0.0783 e. The summed E-state index contributed by atoms with van der Waals surface area (Å²) in [6.07, 6.45) is 10.9. The first-order valence-corrected chi connectivity index (χ1v) is 13.0. The van der Waals surface area contributed by atoms with Crippen LogP contribution in [0.3, 0.4) is 0 Å². The molecular weight excluding hydrogens is 384 g/mol. The predicted octanol–water partition coefficient (Wildman–Crippen LogP) is 5.50. The lowest BCUT2D eigenvalue weighted by Crippen LogP contribution is -2.55. The average Bonchev–Trinajstić information content (AvgIpc) is 3.10. The van der Waals surface area contributed by atoms with Crippen LogP contribution in [-0.4, -0.2) is 34.1 Å². The number of aliphatic hydroxyl groups excluding tert-OH is 3. The Bertz CT molecular complexity index is 711. The topological polar surface area (TPSA) is 60.7 Å². The summed E-state index contributed by atoms with van der Waals surface area (Å²) < 4.78 is 0. The Kier molecular flexibility index (Phi) is 6.53. The van der Waals surface area contributed by atoms with Crippen molar-refractivity contribution in [3.05, 3.63) is 23.8 Å². The lowest BCUT2D eigenvalue weighted by atomic mass is 9.47. The van der Waals surface area contributed by atoms with Crippen LogP contribution in [0.2, 0.25) is 0 Å². The van der Waals surface area contributed by atoms with Crippen LogP contribution in [0, 0.1) is 46.3 Å². The van der Waals surface area contributed by atoms with Gasteiger partial charge in [0.05, 0.1) is 18.8 Å². The van der Waals surface area contributed by atoms with Gasteiger partial charge >= 0.3 is 0 Å². The van der Waals surface area contributed by atoms with Gasteiger partial charge in [-0.2, -0.15) is 0 Å². The molecule has 3 N–H and O–H groups in total. The molecule has 3 nitrogen and oxygen atoms in total. The maximum Gasteiger partial charge on any atom is 0.0783 e. The Morgan fingerprint density at radius 1 is 1.13 bits per heavy atom. The lowest BCUT2D eigenvalue weighted by Gasteiger charge is -2.58. The maximum absolute atomic E-state index is 11.6. The summed E-state index contributed by atoms with van der Waals surface area (Å²) in [5.41, 5.74) is 2.43. The summed E-state index contributed by atoms with van der Waals surface area (Å²) in [6.45, 7) is 13.7. The van der Waals surface area contributed by atoms with Crippen molar-refractivity contribution in [2.45, 2.75) is 97.7 Å². The number of allylic oxidation sites excluding steroid dienone is 1. The van der Waals surface area contributed by atoms with Crippen molar-refractivity contribution in [3.8, 4) is 0 Å². The summed E-state index contributed by atoms with van der Waals surface area (Å²) >= 11 is 0. The quantitative estimate of drug-likeness (QED) is 0.488. The zero-order valence-corrected chi connectivity index (χ0v) is 20.3. The first-order chi connectivity index (χ1) is 14.6. The van der Waals surface area contributed by atoms with Crippen LogP contribution in [0.25, 0.3) is 0 Å². The van der Waals surface area contributed by atoms with Crippen molar-refractivity contribution in [3.63, 3.8) is 0 Å². The van der Waals surface area contributed by atoms with Crippen LogP contribution >= 0.6 is 0 Å². The summed E-state index contributed by atoms with van der Waals surface area (Å²) in [6, 6.07) is 0. The lowest BCUT2D eigenvalue weighted by molar-refractivity contribution is -0.0777. The molecule has 0 saturated heterocycles. The van der Waals surface area contributed by atoms with Crippen molar-refractivity contribution in [2.75, 3.05) is 6.61 Å². The second-order valence-corrected chi connectivity index (χ2v) is 12.2. The molecule has 0 heterocycles. The summed E-state index contributed by atoms with van der Waals surface area (Å²) in [7, 11) is 0. The second-order valence-electron chi connectivity index (χ2n) is 12.2. The molecule has 4 aliphatic rings. The van der Waals surface area contributed by atoms with E-state index in [0.29, 0.717) is 35.5 Å². The van der Waals surface area contributed by atoms with E-state index in [1.165, 1.54) is 30.4 Å². The minimum Gasteiger partial charge on any atom is -0.395 e. The van der Waals surface area contributed by atoms with Gasteiger partial charge in [0.1, 0.15) is 0 Å². The molecule has 0 aromatic heterocycles. The minimum atomic E-state index is -0.430. The van der Waals surface area contributed by atoms with E-state index in [1.807, 2.05) is 0 Å². The van der Waals surface area contributed by atoms with Gasteiger partial charge in [-0.1, -0.05) is 51.5 Å². The zero-order valence-electron chi connectivity index (χ0n) is 20.3. The third-order valence-electron chi connectivity index (χ3n) is 10.6. The maximum atomic E-state index is 11.6. The van der Waals surface area contributed by atoms with Crippen LogP contribution < -0.4 is 0 Å². The molecule has 31 heavy (non-hydrogen) atoms. The van der Waals surface area contributed by atoms with E-state index in [1.54, 1.807) is 0 Å². The highest BCUT2D eigenvalue weighted by molar-refractivity contribution is 5.32. The molecule has 4 rings (SSSR count). The average molecular weight is 431 g/mol. The third-order valence-corrected chi connectivity index (χ3v) is 10.6. The fraction of sp³-hybridized carbons (Fsp3) is 0.857. The van der Waals surface area contributed by atoms with Crippen molar-refractivity contribution in [2.24, 2.45) is 46.3 Å². The number of hydrogen-bond donors (Lipinski definition) is 3. The van der Waals surface area contributed by atoms with E-state index in [2.05, 4.69) is 40.3 Å². The molecule has 4 aliphatic carbocycles. The fourth-order valence-corrected chi connectivity index (χ4v) is 8.47. The molecule has 0 amide bonds. The highest BCUT2D eigenvalue weighted by Crippen LogP contribution is 2.66. The SMILES string of the molecule is C=C(CCC(C)[C@H]1CCC2C3CCC4C[C@@H](O)CC[C@]4(CO)C3=CC(O)[C@@]21C)C(C)C. The summed E-state index contributed by atoms with van der Waals surface area (Å²) in [5, 5.41) is 32.4. The van der Waals surface area contributed by atoms with E-state index in [4.69, 9.17) is 0 Å². The van der Waals surface area contributed by atoms with Gasteiger partial charge in [0.2, 0.25) is 0 Å². The molecule has 0 aromatic carbocycles. The molecule has 5 unspecified atom stereocenters. The summed E-state index contributed by atoms with van der Waals surface area (Å²) in [4.78, 5) is 0. The van der Waals surface area contributed by atoms with Crippen LogP contribution in [0.5, 0.6) is 0 Å². The predicted molar refractivity (Wildman–Crippen MR) is 126 cm³/mol. The Hall–Kier alpha value is -0.640. The van der Waals surface area contributed by atoms with Crippen molar-refractivity contribution < 1.29 is 15.3 Å². The van der Waals surface area contributed by atoms with Gasteiger partial charge in [-0.3, -0.25) is 0 Å². The normalized spacial score (nSPS) is 45.5. The van der Waals surface area contributed by atoms with E-state index in [-0.39, 0.29) is 23.5 Å². The highest BCUT2D eigenvalue weighted by Gasteiger charge is 2.61. The van der Waals surface area contributed by atoms with Gasteiger partial charge in [0, 0.05) is 10.8 Å². The largest absolute Gasteiger partial charge is 0.395 e. The molecule has 0 radical (unpaired) electrons. The van der Waals surface area contributed by atoms with Gasteiger partial charge in [-0.25, -0.2) is 0 Å². The van der Waals surface area contributed by atoms with E-state index in [9.17, 15) is 15.3 Å². The standard InChI is InChI=1S/C28H46O3/c1-17(2)18(3)6-7-19(4)23-10-11-24-22-9-8-20-14-21(30)12-13-28(20,16-29)25(22)15-26(31)27(23,24)5/h15,17,19-24,26,29-31H,3,6-14,16H2,1-2,4-5H3/t19?,20?,21-,22?,23+,24?,26?,27+,28+/m0/s1. The minimum absolute atomic E-state index is 0.0651. The van der Waals surface area contributed by atoms with Crippen LogP contribution in [0.15, 0.2) is 23.8 Å². The molecule has 3 fully saturated rings. The molecule has 0 bridgehead atoms. The van der Waals surface area contributed by atoms with Gasteiger partial charge in [-0.15, -0.1) is 0 Å². The van der Waals surface area contributed by atoms with Gasteiger partial charge in [0.25, 0.3) is 0 Å². The number of fused-ring (bicyclic) bond motifs is 5. The zero-order chi connectivity index (χ0) is 22.6. The van der Waals surface area contributed by atoms with Crippen LogP contribution in [0.1, 0.15) is 85.5 Å². The van der Waals surface area contributed by atoms with Crippen molar-refractivity contribution >= 4 is 0 Å². The van der Waals surface area contributed by atoms with Gasteiger partial charge < -0.3 is 15.3 Å². The third kappa shape index (κ3) is 3.67. The molecule has 3 heteroatoms. The molecule has 3 saturated carbocycles. The fourth-order valence-electron chi connectivity index (χ4n) is 8.47. The first-order valence-electron chi connectivity index (χ1n) is 13.0. The van der Waals surface area contributed by atoms with Gasteiger partial charge in [-0.05, 0) is 93.3 Å². The first kappa shape index (κ1) is 23.5. The highest BCUT2D eigenvalue weighted by atomic mass is 16.3. The van der Waals surface area contributed by atoms with E-state index < -0.39 is 6.10 Å². The Labute approximate surface area is 190 Å². The molecule has 9 atom stereocenters. The van der Waals surface area contributed by atoms with E-state index >= 15 is 0 Å². The van der Waals surface area contributed by atoms with Crippen molar-refractivity contribution in [1.82, 2.24) is 0 Å². The number of rotatable bonds is 6.